The summed E-state index contributed by atoms with van der Waals surface area (Å²) in [5.41, 5.74) is 2.42. The minimum absolute atomic E-state index is 0.244. The molecule has 0 saturated heterocycles. The quantitative estimate of drug-likeness (QED) is 0.783. The van der Waals surface area contributed by atoms with Crippen molar-refractivity contribution in [3.63, 3.8) is 0 Å². The molecule has 2 aromatic heterocycles. The van der Waals surface area contributed by atoms with E-state index in [0.717, 1.165) is 6.54 Å². The van der Waals surface area contributed by atoms with Gasteiger partial charge in [-0.05, 0) is 29.5 Å². The number of hydrogen-bond acceptors (Lipinski definition) is 3. The normalized spacial score (nSPS) is 12.4. The molecule has 3 nitrogen and oxygen atoms in total. The van der Waals surface area contributed by atoms with Gasteiger partial charge in [-0.2, -0.15) is 0 Å². The molecular formula is C17H17N3. The zero-order valence-corrected chi connectivity index (χ0v) is 11.5. The third-order valence-corrected chi connectivity index (χ3v) is 3.50. The molecule has 1 unspecified atom stereocenters. The van der Waals surface area contributed by atoms with Gasteiger partial charge in [0.25, 0.3) is 0 Å². The van der Waals surface area contributed by atoms with E-state index in [4.69, 9.17) is 0 Å². The van der Waals surface area contributed by atoms with E-state index in [1.165, 1.54) is 21.9 Å². The van der Waals surface area contributed by atoms with E-state index in [1.807, 2.05) is 30.7 Å². The Hall–Kier alpha value is -2.26. The molecule has 0 aliphatic carbocycles. The van der Waals surface area contributed by atoms with Crippen LogP contribution in [0.5, 0.6) is 0 Å². The van der Waals surface area contributed by atoms with Crippen LogP contribution in [-0.2, 0) is 6.54 Å². The van der Waals surface area contributed by atoms with Crippen molar-refractivity contribution >= 4 is 10.8 Å². The number of nitrogens with one attached hydrogen (secondary N) is 1. The molecule has 0 amide bonds. The summed E-state index contributed by atoms with van der Waals surface area (Å²) in [4.78, 5) is 8.47. The smallest absolute Gasteiger partial charge is 0.0346 e. The lowest BCUT2D eigenvalue weighted by Gasteiger charge is -2.16. The average Bonchev–Trinajstić information content (AvgIpc) is 2.53. The molecule has 3 heteroatoms. The van der Waals surface area contributed by atoms with Crippen LogP contribution in [-0.4, -0.2) is 9.97 Å². The third kappa shape index (κ3) is 2.68. The topological polar surface area (TPSA) is 37.8 Å². The van der Waals surface area contributed by atoms with E-state index in [9.17, 15) is 0 Å². The Morgan fingerprint density at radius 3 is 2.75 bits per heavy atom. The molecule has 0 aliphatic heterocycles. The highest BCUT2D eigenvalue weighted by Gasteiger charge is 2.09. The van der Waals surface area contributed by atoms with E-state index in [2.05, 4.69) is 46.5 Å². The molecular weight excluding hydrogens is 246 g/mol. The summed E-state index contributed by atoms with van der Waals surface area (Å²) in [6, 6.07) is 12.6. The van der Waals surface area contributed by atoms with Gasteiger partial charge in [-0.1, -0.05) is 30.3 Å². The first-order valence-electron chi connectivity index (χ1n) is 6.79. The highest BCUT2D eigenvalue weighted by molar-refractivity contribution is 5.84. The third-order valence-electron chi connectivity index (χ3n) is 3.50. The first-order valence-corrected chi connectivity index (χ1v) is 6.79. The molecule has 2 heterocycles. The zero-order valence-electron chi connectivity index (χ0n) is 11.5. The van der Waals surface area contributed by atoms with Gasteiger partial charge in [0.05, 0.1) is 0 Å². The Bertz CT molecular complexity index is 689. The maximum absolute atomic E-state index is 4.34. The molecule has 3 rings (SSSR count). The van der Waals surface area contributed by atoms with Crippen molar-refractivity contribution in [2.24, 2.45) is 0 Å². The van der Waals surface area contributed by atoms with E-state index < -0.39 is 0 Å². The van der Waals surface area contributed by atoms with Crippen LogP contribution in [0.2, 0.25) is 0 Å². The highest BCUT2D eigenvalue weighted by Crippen LogP contribution is 2.22. The summed E-state index contributed by atoms with van der Waals surface area (Å²) >= 11 is 0. The van der Waals surface area contributed by atoms with Crippen LogP contribution in [0.4, 0.5) is 0 Å². The van der Waals surface area contributed by atoms with Gasteiger partial charge in [0.15, 0.2) is 0 Å². The van der Waals surface area contributed by atoms with Gasteiger partial charge in [0.1, 0.15) is 0 Å². The summed E-state index contributed by atoms with van der Waals surface area (Å²) in [7, 11) is 0. The van der Waals surface area contributed by atoms with Crippen LogP contribution in [0, 0.1) is 0 Å². The van der Waals surface area contributed by atoms with Gasteiger partial charge < -0.3 is 5.32 Å². The van der Waals surface area contributed by atoms with E-state index in [1.54, 1.807) is 6.20 Å². The van der Waals surface area contributed by atoms with Gasteiger partial charge in [-0.25, -0.2) is 0 Å². The van der Waals surface area contributed by atoms with Crippen LogP contribution in [0.15, 0.2) is 61.2 Å². The molecule has 0 spiro atoms. The van der Waals surface area contributed by atoms with Crippen molar-refractivity contribution in [1.82, 2.24) is 15.3 Å². The second-order valence-electron chi connectivity index (χ2n) is 4.91. The van der Waals surface area contributed by atoms with Gasteiger partial charge in [0, 0.05) is 42.8 Å². The summed E-state index contributed by atoms with van der Waals surface area (Å²) in [5, 5.41) is 5.97. The highest BCUT2D eigenvalue weighted by atomic mass is 14.9. The molecule has 3 aromatic rings. The van der Waals surface area contributed by atoms with Gasteiger partial charge in [-0.15, -0.1) is 0 Å². The zero-order chi connectivity index (χ0) is 13.8. The fourth-order valence-corrected chi connectivity index (χ4v) is 2.37. The van der Waals surface area contributed by atoms with Gasteiger partial charge in [-0.3, -0.25) is 9.97 Å². The summed E-state index contributed by atoms with van der Waals surface area (Å²) in [5.74, 6) is 0. The van der Waals surface area contributed by atoms with Crippen LogP contribution in [0.3, 0.4) is 0 Å². The molecule has 1 atom stereocenters. The monoisotopic (exact) mass is 263 g/mol. The fourth-order valence-electron chi connectivity index (χ4n) is 2.37. The van der Waals surface area contributed by atoms with Gasteiger partial charge in [0.2, 0.25) is 0 Å². The molecule has 0 bridgehead atoms. The van der Waals surface area contributed by atoms with Crippen molar-refractivity contribution in [3.8, 4) is 0 Å². The number of benzene rings is 1. The second kappa shape index (κ2) is 5.80. The number of aromatic nitrogens is 2. The SMILES string of the molecule is CC(NCc1cccnc1)c1cncc2ccccc12. The maximum Gasteiger partial charge on any atom is 0.0346 e. The van der Waals surface area contributed by atoms with Crippen LogP contribution < -0.4 is 5.32 Å². The molecule has 1 N–H and O–H groups in total. The summed E-state index contributed by atoms with van der Waals surface area (Å²) in [6.07, 6.45) is 7.54. The minimum Gasteiger partial charge on any atom is -0.306 e. The molecule has 1 aromatic carbocycles. The first kappa shape index (κ1) is 12.8. The number of fused-ring (bicyclic) bond motifs is 1. The molecule has 0 fully saturated rings. The van der Waals surface area contributed by atoms with Crippen molar-refractivity contribution < 1.29 is 0 Å². The Labute approximate surface area is 118 Å². The van der Waals surface area contributed by atoms with E-state index >= 15 is 0 Å². The Kier molecular flexibility index (Phi) is 3.70. The number of rotatable bonds is 4. The lowest BCUT2D eigenvalue weighted by Crippen LogP contribution is -2.18. The number of hydrogen-bond donors (Lipinski definition) is 1. The lowest BCUT2D eigenvalue weighted by atomic mass is 10.0. The first-order chi connectivity index (χ1) is 9.84. The lowest BCUT2D eigenvalue weighted by molar-refractivity contribution is 0.576. The van der Waals surface area contributed by atoms with E-state index in [-0.39, 0.29) is 6.04 Å². The Morgan fingerprint density at radius 2 is 1.90 bits per heavy atom. The van der Waals surface area contributed by atoms with Gasteiger partial charge >= 0.3 is 0 Å². The predicted octanol–water partition coefficient (Wildman–Crippen LogP) is 3.48. The summed E-state index contributed by atoms with van der Waals surface area (Å²) in [6.45, 7) is 2.97. The summed E-state index contributed by atoms with van der Waals surface area (Å²) < 4.78 is 0. The van der Waals surface area contributed by atoms with Crippen molar-refractivity contribution in [2.45, 2.75) is 19.5 Å². The maximum atomic E-state index is 4.34. The Morgan fingerprint density at radius 1 is 1.00 bits per heavy atom. The number of pyridine rings is 2. The molecule has 20 heavy (non-hydrogen) atoms. The fraction of sp³-hybridized carbons (Fsp3) is 0.176. The largest absolute Gasteiger partial charge is 0.306 e. The van der Waals surface area contributed by atoms with Crippen LogP contribution in [0.25, 0.3) is 10.8 Å². The average molecular weight is 263 g/mol. The van der Waals surface area contributed by atoms with Crippen molar-refractivity contribution in [3.05, 3.63) is 72.3 Å². The number of nitrogens with zero attached hydrogens (tertiary/aromatic N) is 2. The van der Waals surface area contributed by atoms with Crippen LogP contribution in [0.1, 0.15) is 24.1 Å². The predicted molar refractivity (Wildman–Crippen MR) is 81.2 cm³/mol. The molecule has 0 aliphatic rings. The molecule has 100 valence electrons. The standard InChI is InChI=1S/C17H17N3/c1-13(20-10-14-5-4-8-18-9-14)17-12-19-11-15-6-2-3-7-16(15)17/h2-9,11-13,20H,10H2,1H3. The Balaban J connectivity index is 1.80. The van der Waals surface area contributed by atoms with Crippen molar-refractivity contribution in [1.29, 1.82) is 0 Å². The van der Waals surface area contributed by atoms with Crippen LogP contribution >= 0.6 is 0 Å². The molecule has 0 saturated carbocycles. The van der Waals surface area contributed by atoms with Crippen molar-refractivity contribution in [2.75, 3.05) is 0 Å². The second-order valence-corrected chi connectivity index (χ2v) is 4.91. The van der Waals surface area contributed by atoms with E-state index in [0.29, 0.717) is 0 Å². The minimum atomic E-state index is 0.244. The molecule has 0 radical (unpaired) electrons.